The van der Waals surface area contributed by atoms with Crippen molar-refractivity contribution in [2.45, 2.75) is 18.5 Å². The third kappa shape index (κ3) is 4.01. The molecular formula is C22H21FO5. The van der Waals surface area contributed by atoms with E-state index in [4.69, 9.17) is 4.74 Å². The lowest BCUT2D eigenvalue weighted by Crippen LogP contribution is -2.50. The van der Waals surface area contributed by atoms with Gasteiger partial charge in [0, 0.05) is 11.1 Å². The smallest absolute Gasteiger partial charge is 0.353 e. The van der Waals surface area contributed by atoms with Crippen LogP contribution in [0.1, 0.15) is 28.8 Å². The van der Waals surface area contributed by atoms with Crippen LogP contribution in [0.15, 0.2) is 72.8 Å². The van der Waals surface area contributed by atoms with Crippen LogP contribution in [-0.4, -0.2) is 37.1 Å². The first-order valence-electron chi connectivity index (χ1n) is 8.65. The van der Waals surface area contributed by atoms with Crippen LogP contribution in [0.2, 0.25) is 0 Å². The van der Waals surface area contributed by atoms with Crippen molar-refractivity contribution in [3.8, 4) is 0 Å². The van der Waals surface area contributed by atoms with Gasteiger partial charge >= 0.3 is 11.9 Å². The Bertz CT molecular complexity index is 863. The van der Waals surface area contributed by atoms with E-state index in [0.29, 0.717) is 0 Å². The number of ether oxygens (including phenoxy) is 2. The number of hydrogen-bond donors (Lipinski definition) is 0. The minimum Gasteiger partial charge on any atom is -0.466 e. The van der Waals surface area contributed by atoms with Crippen LogP contribution < -0.4 is 0 Å². The standard InChI is InChI=1S/C22H21FO5/c1-4-28-21(26)22(23,19(24)17-13-9-6-10-14-17)18(15(2)20(25)27-3)16-11-7-5-8-12-16/h5-14,18H,2,4H2,1,3H3. The third-order valence-corrected chi connectivity index (χ3v) is 4.27. The first kappa shape index (κ1) is 21.0. The molecule has 0 saturated carbocycles. The second kappa shape index (κ2) is 9.08. The molecule has 0 heterocycles. The Morgan fingerprint density at radius 3 is 2.07 bits per heavy atom. The number of methoxy groups -OCH3 is 1. The van der Waals surface area contributed by atoms with Gasteiger partial charge in [-0.2, -0.15) is 0 Å². The van der Waals surface area contributed by atoms with Crippen LogP contribution >= 0.6 is 0 Å². The molecule has 0 aliphatic carbocycles. The molecule has 0 fully saturated rings. The SMILES string of the molecule is C=C(C(=O)OC)C(c1ccccc1)C(F)(C(=O)OCC)C(=O)c1ccccc1. The van der Waals surface area contributed by atoms with Gasteiger partial charge in [0.2, 0.25) is 5.78 Å². The molecule has 0 aromatic heterocycles. The molecular weight excluding hydrogens is 363 g/mol. The molecule has 2 rings (SSSR count). The van der Waals surface area contributed by atoms with E-state index in [9.17, 15) is 14.4 Å². The number of alkyl halides is 1. The fraction of sp³-hybridized carbons (Fsp3) is 0.227. The molecule has 0 N–H and O–H groups in total. The maximum atomic E-state index is 16.5. The van der Waals surface area contributed by atoms with Gasteiger partial charge in [-0.25, -0.2) is 14.0 Å². The third-order valence-electron chi connectivity index (χ3n) is 4.27. The average molecular weight is 384 g/mol. The minimum absolute atomic E-state index is 0.0309. The van der Waals surface area contributed by atoms with Crippen molar-refractivity contribution >= 4 is 17.7 Å². The monoisotopic (exact) mass is 384 g/mol. The van der Waals surface area contributed by atoms with Gasteiger partial charge in [-0.3, -0.25) is 4.79 Å². The Kier molecular flexibility index (Phi) is 6.82. The summed E-state index contributed by atoms with van der Waals surface area (Å²) in [6.07, 6.45) is 0. The molecule has 0 saturated heterocycles. The van der Waals surface area contributed by atoms with E-state index in [0.717, 1.165) is 7.11 Å². The van der Waals surface area contributed by atoms with Crippen molar-refractivity contribution in [2.75, 3.05) is 13.7 Å². The quantitative estimate of drug-likeness (QED) is 0.301. The van der Waals surface area contributed by atoms with Crippen LogP contribution in [-0.2, 0) is 19.1 Å². The van der Waals surface area contributed by atoms with Crippen molar-refractivity contribution in [2.24, 2.45) is 0 Å². The van der Waals surface area contributed by atoms with Crippen molar-refractivity contribution < 1.29 is 28.2 Å². The van der Waals surface area contributed by atoms with Crippen molar-refractivity contribution in [1.82, 2.24) is 0 Å². The molecule has 6 heteroatoms. The van der Waals surface area contributed by atoms with E-state index < -0.39 is 29.3 Å². The molecule has 2 unspecified atom stereocenters. The molecule has 2 aromatic rings. The Labute approximate surface area is 162 Å². The van der Waals surface area contributed by atoms with Gasteiger partial charge in [-0.15, -0.1) is 0 Å². The van der Waals surface area contributed by atoms with Crippen LogP contribution in [0.3, 0.4) is 0 Å². The summed E-state index contributed by atoms with van der Waals surface area (Å²) in [5, 5.41) is 0. The largest absolute Gasteiger partial charge is 0.466 e. The zero-order valence-corrected chi connectivity index (χ0v) is 15.7. The van der Waals surface area contributed by atoms with Crippen molar-refractivity contribution in [3.63, 3.8) is 0 Å². The van der Waals surface area contributed by atoms with E-state index in [2.05, 4.69) is 11.3 Å². The number of esters is 2. The Balaban J connectivity index is 2.71. The first-order valence-corrected chi connectivity index (χ1v) is 8.65. The lowest BCUT2D eigenvalue weighted by Gasteiger charge is -2.31. The number of ketones is 1. The summed E-state index contributed by atoms with van der Waals surface area (Å²) >= 11 is 0. The maximum absolute atomic E-state index is 16.5. The summed E-state index contributed by atoms with van der Waals surface area (Å²) in [7, 11) is 1.11. The predicted octanol–water partition coefficient (Wildman–Crippen LogP) is 3.65. The molecule has 0 spiro atoms. The molecule has 0 aliphatic heterocycles. The molecule has 146 valence electrons. The second-order valence-corrected chi connectivity index (χ2v) is 5.99. The lowest BCUT2D eigenvalue weighted by molar-refractivity contribution is -0.155. The highest BCUT2D eigenvalue weighted by atomic mass is 19.1. The van der Waals surface area contributed by atoms with Crippen LogP contribution in [0.4, 0.5) is 4.39 Å². The lowest BCUT2D eigenvalue weighted by atomic mass is 9.74. The van der Waals surface area contributed by atoms with E-state index in [1.165, 1.54) is 31.2 Å². The normalized spacial score (nSPS) is 13.7. The van der Waals surface area contributed by atoms with Gasteiger partial charge < -0.3 is 9.47 Å². The number of rotatable bonds is 8. The summed E-state index contributed by atoms with van der Waals surface area (Å²) in [6.45, 7) is 4.97. The molecule has 0 aliphatic rings. The topological polar surface area (TPSA) is 69.7 Å². The Hall–Kier alpha value is -3.28. The average Bonchev–Trinajstić information content (AvgIpc) is 2.74. The Morgan fingerprint density at radius 2 is 1.57 bits per heavy atom. The van der Waals surface area contributed by atoms with Crippen molar-refractivity contribution in [1.29, 1.82) is 0 Å². The fourth-order valence-electron chi connectivity index (χ4n) is 2.94. The van der Waals surface area contributed by atoms with Crippen LogP contribution in [0, 0.1) is 0 Å². The summed E-state index contributed by atoms with van der Waals surface area (Å²) in [5.74, 6) is -5.05. The van der Waals surface area contributed by atoms with Crippen molar-refractivity contribution in [3.05, 3.63) is 83.9 Å². The molecule has 2 aromatic carbocycles. The van der Waals surface area contributed by atoms with Gasteiger partial charge in [0.1, 0.15) is 0 Å². The van der Waals surface area contributed by atoms with Gasteiger partial charge in [-0.05, 0) is 12.5 Å². The number of halogens is 1. The summed E-state index contributed by atoms with van der Waals surface area (Å²) < 4.78 is 26.0. The number of Topliss-reactive ketones (excluding diaryl/α,β-unsaturated/α-hetero) is 1. The number of carbonyl (C=O) groups excluding carboxylic acids is 3. The minimum atomic E-state index is -3.20. The van der Waals surface area contributed by atoms with Crippen LogP contribution in [0.25, 0.3) is 0 Å². The van der Waals surface area contributed by atoms with E-state index in [1.807, 2.05) is 0 Å². The van der Waals surface area contributed by atoms with Gasteiger partial charge in [0.15, 0.2) is 0 Å². The summed E-state index contributed by atoms with van der Waals surface area (Å²) in [6, 6.07) is 15.4. The zero-order chi connectivity index (χ0) is 20.7. The van der Waals surface area contributed by atoms with Gasteiger partial charge in [0.05, 0.1) is 19.6 Å². The number of carbonyl (C=O) groups is 3. The number of hydrogen-bond acceptors (Lipinski definition) is 5. The highest BCUT2D eigenvalue weighted by molar-refractivity contribution is 6.17. The molecule has 0 amide bonds. The highest BCUT2D eigenvalue weighted by Crippen LogP contribution is 2.41. The first-order chi connectivity index (χ1) is 13.4. The molecule has 0 radical (unpaired) electrons. The predicted molar refractivity (Wildman–Crippen MR) is 102 cm³/mol. The van der Waals surface area contributed by atoms with E-state index >= 15 is 4.39 Å². The fourth-order valence-corrected chi connectivity index (χ4v) is 2.94. The summed E-state index contributed by atoms with van der Waals surface area (Å²) in [5.41, 5.74) is -3.38. The molecule has 0 bridgehead atoms. The van der Waals surface area contributed by atoms with Gasteiger partial charge in [0.25, 0.3) is 5.67 Å². The zero-order valence-electron chi connectivity index (χ0n) is 15.7. The maximum Gasteiger partial charge on any atom is 0.353 e. The number of benzene rings is 2. The van der Waals surface area contributed by atoms with E-state index in [1.54, 1.807) is 36.4 Å². The van der Waals surface area contributed by atoms with E-state index in [-0.39, 0.29) is 23.3 Å². The molecule has 28 heavy (non-hydrogen) atoms. The highest BCUT2D eigenvalue weighted by Gasteiger charge is 2.57. The Morgan fingerprint density at radius 1 is 1.04 bits per heavy atom. The molecule has 2 atom stereocenters. The van der Waals surface area contributed by atoms with Crippen LogP contribution in [0.5, 0.6) is 0 Å². The summed E-state index contributed by atoms with van der Waals surface area (Å²) in [4.78, 5) is 38.0. The van der Waals surface area contributed by atoms with Gasteiger partial charge in [-0.1, -0.05) is 67.2 Å². The second-order valence-electron chi connectivity index (χ2n) is 5.99. The molecule has 5 nitrogen and oxygen atoms in total.